The number of ether oxygens (including phenoxy) is 3. The fraction of sp³-hybridized carbons (Fsp3) is 0.762. The largest absolute Gasteiger partial charge is 0.465 e. The third-order valence-electron chi connectivity index (χ3n) is 4.39. The molecule has 9 heteroatoms. The molecule has 30 heavy (non-hydrogen) atoms. The van der Waals surface area contributed by atoms with Crippen LogP contribution in [0.25, 0.3) is 0 Å². The second-order valence-electron chi connectivity index (χ2n) is 9.47. The number of carbonyl (C=O) groups excluding carboxylic acids is 5. The van der Waals surface area contributed by atoms with Crippen LogP contribution in [0, 0.1) is 11.8 Å². The average molecular weight is 427 g/mol. The zero-order valence-electron chi connectivity index (χ0n) is 19.0. The van der Waals surface area contributed by atoms with Crippen LogP contribution < -0.4 is 5.32 Å². The summed E-state index contributed by atoms with van der Waals surface area (Å²) >= 11 is 0. The number of carbonyl (C=O) groups is 5. The molecular formula is C21H33NO8. The van der Waals surface area contributed by atoms with Crippen molar-refractivity contribution in [2.75, 3.05) is 6.61 Å². The summed E-state index contributed by atoms with van der Waals surface area (Å²) in [7, 11) is 0. The Morgan fingerprint density at radius 3 is 1.83 bits per heavy atom. The third-order valence-corrected chi connectivity index (χ3v) is 4.39. The van der Waals surface area contributed by atoms with E-state index in [0.717, 1.165) is 6.92 Å². The first-order valence-electron chi connectivity index (χ1n) is 9.99. The van der Waals surface area contributed by atoms with Gasteiger partial charge in [0.2, 0.25) is 5.91 Å². The second-order valence-corrected chi connectivity index (χ2v) is 9.47. The van der Waals surface area contributed by atoms with E-state index in [1.165, 1.54) is 0 Å². The van der Waals surface area contributed by atoms with Crippen molar-refractivity contribution < 1.29 is 38.2 Å². The number of esters is 3. The Balaban J connectivity index is 3.45. The molecule has 2 atom stereocenters. The Labute approximate surface area is 177 Å². The van der Waals surface area contributed by atoms with Gasteiger partial charge in [0.1, 0.15) is 11.2 Å². The van der Waals surface area contributed by atoms with Gasteiger partial charge in [-0.2, -0.15) is 0 Å². The molecule has 0 aromatic carbocycles. The Bertz CT molecular complexity index is 685. The van der Waals surface area contributed by atoms with E-state index in [9.17, 15) is 24.0 Å². The SMILES string of the molecule is CCC1C(=O)OCC1CC(=O)C(NC(C)=O)(C(=O)OC(C)(C)C)C(=O)OC(C)(C)C. The Morgan fingerprint density at radius 1 is 1.00 bits per heavy atom. The molecule has 2 unspecified atom stereocenters. The van der Waals surface area contributed by atoms with E-state index in [0.29, 0.717) is 6.42 Å². The molecule has 1 heterocycles. The molecule has 0 radical (unpaired) electrons. The highest BCUT2D eigenvalue weighted by molar-refractivity contribution is 6.27. The van der Waals surface area contributed by atoms with Crippen molar-refractivity contribution in [3.8, 4) is 0 Å². The molecule has 1 N–H and O–H groups in total. The first kappa shape index (κ1) is 25.6. The molecule has 9 nitrogen and oxygen atoms in total. The van der Waals surface area contributed by atoms with E-state index in [2.05, 4.69) is 5.32 Å². The molecule has 0 aromatic heterocycles. The van der Waals surface area contributed by atoms with Gasteiger partial charge in [0.05, 0.1) is 12.5 Å². The van der Waals surface area contributed by atoms with Gasteiger partial charge in [0, 0.05) is 19.3 Å². The summed E-state index contributed by atoms with van der Waals surface area (Å²) in [4.78, 5) is 63.5. The van der Waals surface area contributed by atoms with Crippen LogP contribution in [-0.2, 0) is 38.2 Å². The topological polar surface area (TPSA) is 125 Å². The van der Waals surface area contributed by atoms with Crippen LogP contribution in [0.15, 0.2) is 0 Å². The quantitative estimate of drug-likeness (QED) is 0.370. The number of nitrogens with one attached hydrogen (secondary N) is 1. The number of Topliss-reactive ketones (excluding diaryl/α,β-unsaturated/α-hetero) is 1. The lowest BCUT2D eigenvalue weighted by molar-refractivity contribution is -0.182. The molecule has 1 rings (SSSR count). The molecule has 0 bridgehead atoms. The summed E-state index contributed by atoms with van der Waals surface area (Å²) in [5, 5.41) is 2.19. The predicted octanol–water partition coefficient (Wildman–Crippen LogP) is 1.70. The normalized spacial score (nSPS) is 19.7. The first-order chi connectivity index (χ1) is 13.5. The lowest BCUT2D eigenvalue weighted by atomic mass is 9.82. The van der Waals surface area contributed by atoms with Crippen molar-refractivity contribution >= 4 is 29.6 Å². The molecule has 1 fully saturated rings. The Hall–Kier alpha value is -2.45. The smallest absolute Gasteiger partial charge is 0.352 e. The second kappa shape index (κ2) is 9.14. The number of hydrogen-bond donors (Lipinski definition) is 1. The van der Waals surface area contributed by atoms with Crippen LogP contribution in [-0.4, -0.2) is 52.9 Å². The highest BCUT2D eigenvalue weighted by atomic mass is 16.6. The third kappa shape index (κ3) is 6.27. The molecule has 0 saturated carbocycles. The zero-order valence-corrected chi connectivity index (χ0v) is 19.0. The van der Waals surface area contributed by atoms with Crippen molar-refractivity contribution in [2.45, 2.75) is 85.0 Å². The van der Waals surface area contributed by atoms with Gasteiger partial charge in [-0.1, -0.05) is 6.92 Å². The highest BCUT2D eigenvalue weighted by Gasteiger charge is 2.59. The monoisotopic (exact) mass is 427 g/mol. The number of cyclic esters (lactones) is 1. The minimum atomic E-state index is -2.68. The lowest BCUT2D eigenvalue weighted by Gasteiger charge is -2.34. The van der Waals surface area contributed by atoms with Crippen molar-refractivity contribution in [3.05, 3.63) is 0 Å². The van der Waals surface area contributed by atoms with Crippen LogP contribution in [0.4, 0.5) is 0 Å². The standard InChI is InChI=1S/C21H33NO8/c1-9-14-13(11-28-16(14)25)10-15(24)21(22-12(2)23,17(26)29-19(3,4)5)18(27)30-20(6,7)8/h13-14H,9-11H2,1-8H3,(H,22,23). The minimum absolute atomic E-state index is 0.0120. The Kier molecular flexibility index (Phi) is 7.79. The zero-order chi connectivity index (χ0) is 23.5. The van der Waals surface area contributed by atoms with E-state index in [1.54, 1.807) is 48.5 Å². The molecule has 0 aromatic rings. The van der Waals surface area contributed by atoms with Gasteiger partial charge < -0.3 is 19.5 Å². The molecule has 1 aliphatic rings. The summed E-state index contributed by atoms with van der Waals surface area (Å²) in [5.41, 5.74) is -4.76. The predicted molar refractivity (Wildman–Crippen MR) is 106 cm³/mol. The summed E-state index contributed by atoms with van der Waals surface area (Å²) in [5.74, 6) is -5.68. The maximum atomic E-state index is 13.4. The molecular weight excluding hydrogens is 394 g/mol. The van der Waals surface area contributed by atoms with E-state index in [-0.39, 0.29) is 13.0 Å². The van der Waals surface area contributed by atoms with E-state index in [4.69, 9.17) is 14.2 Å². The van der Waals surface area contributed by atoms with Crippen molar-refractivity contribution in [2.24, 2.45) is 11.8 Å². The van der Waals surface area contributed by atoms with Gasteiger partial charge >= 0.3 is 17.9 Å². The molecule has 1 aliphatic heterocycles. The van der Waals surface area contributed by atoms with Crippen molar-refractivity contribution in [3.63, 3.8) is 0 Å². The van der Waals surface area contributed by atoms with Gasteiger partial charge in [-0.15, -0.1) is 0 Å². The number of rotatable bonds is 7. The molecule has 0 aliphatic carbocycles. The number of ketones is 1. The summed E-state index contributed by atoms with van der Waals surface area (Å²) in [6, 6.07) is 0. The molecule has 1 saturated heterocycles. The van der Waals surface area contributed by atoms with Crippen LogP contribution in [0.1, 0.15) is 68.2 Å². The summed E-state index contributed by atoms with van der Waals surface area (Å²) in [6.45, 7) is 12.3. The summed E-state index contributed by atoms with van der Waals surface area (Å²) in [6.07, 6.45) is 0.0891. The molecule has 0 spiro atoms. The molecule has 170 valence electrons. The van der Waals surface area contributed by atoms with Gasteiger partial charge in [0.25, 0.3) is 5.54 Å². The fourth-order valence-corrected chi connectivity index (χ4v) is 3.15. The Morgan fingerprint density at radius 2 is 1.47 bits per heavy atom. The summed E-state index contributed by atoms with van der Waals surface area (Å²) < 4.78 is 15.7. The average Bonchev–Trinajstić information content (AvgIpc) is 2.88. The maximum Gasteiger partial charge on any atom is 0.352 e. The van der Waals surface area contributed by atoms with Crippen LogP contribution in [0.2, 0.25) is 0 Å². The number of amides is 1. The van der Waals surface area contributed by atoms with Crippen LogP contribution in [0.3, 0.4) is 0 Å². The van der Waals surface area contributed by atoms with Crippen LogP contribution >= 0.6 is 0 Å². The molecule has 1 amide bonds. The number of hydrogen-bond acceptors (Lipinski definition) is 8. The minimum Gasteiger partial charge on any atom is -0.465 e. The van der Waals surface area contributed by atoms with Gasteiger partial charge in [-0.05, 0) is 48.0 Å². The maximum absolute atomic E-state index is 13.4. The van der Waals surface area contributed by atoms with E-state index in [1.807, 2.05) is 0 Å². The van der Waals surface area contributed by atoms with E-state index >= 15 is 0 Å². The van der Waals surface area contributed by atoms with Gasteiger partial charge in [-0.3, -0.25) is 14.4 Å². The van der Waals surface area contributed by atoms with Crippen molar-refractivity contribution in [1.29, 1.82) is 0 Å². The van der Waals surface area contributed by atoms with Gasteiger partial charge in [0.15, 0.2) is 5.78 Å². The highest BCUT2D eigenvalue weighted by Crippen LogP contribution is 2.31. The van der Waals surface area contributed by atoms with Gasteiger partial charge in [-0.25, -0.2) is 9.59 Å². The van der Waals surface area contributed by atoms with Crippen molar-refractivity contribution in [1.82, 2.24) is 5.32 Å². The lowest BCUT2D eigenvalue weighted by Crippen LogP contribution is -2.67. The van der Waals surface area contributed by atoms with E-state index < -0.39 is 58.2 Å². The fourth-order valence-electron chi connectivity index (χ4n) is 3.15. The van der Waals surface area contributed by atoms with Crippen LogP contribution in [0.5, 0.6) is 0 Å². The first-order valence-corrected chi connectivity index (χ1v) is 9.99.